The lowest BCUT2D eigenvalue weighted by Crippen LogP contribution is -2.54. The van der Waals surface area contributed by atoms with E-state index in [-0.39, 0.29) is 12.2 Å². The second-order valence-electron chi connectivity index (χ2n) is 7.30. The number of morpholine rings is 1. The van der Waals surface area contributed by atoms with Crippen LogP contribution in [0.25, 0.3) is 0 Å². The Bertz CT molecular complexity index is 616. The Hall–Kier alpha value is -1.79. The predicted octanol–water partition coefficient (Wildman–Crippen LogP) is 2.28. The van der Waals surface area contributed by atoms with Crippen molar-refractivity contribution >= 4 is 11.6 Å². The van der Waals surface area contributed by atoms with Crippen LogP contribution in [0.15, 0.2) is 29.3 Å². The van der Waals surface area contributed by atoms with Crippen LogP contribution in [0.5, 0.6) is 0 Å². The fraction of sp³-hybridized carbons (Fsp3) is 0.667. The summed E-state index contributed by atoms with van der Waals surface area (Å²) in [4.78, 5) is 9.19. The molecular formula is C21H34N4O2. The fourth-order valence-electron chi connectivity index (χ4n) is 3.92. The first-order valence-electron chi connectivity index (χ1n) is 10.2. The summed E-state index contributed by atoms with van der Waals surface area (Å²) < 4.78 is 11.8. The van der Waals surface area contributed by atoms with Crippen molar-refractivity contribution in [2.75, 3.05) is 57.9 Å². The molecule has 1 aromatic carbocycles. The van der Waals surface area contributed by atoms with E-state index < -0.39 is 0 Å². The summed E-state index contributed by atoms with van der Waals surface area (Å²) in [6.07, 6.45) is 2.64. The average Bonchev–Trinajstić information content (AvgIpc) is 3.23. The van der Waals surface area contributed by atoms with Gasteiger partial charge in [-0.2, -0.15) is 0 Å². The van der Waals surface area contributed by atoms with Gasteiger partial charge in [0.15, 0.2) is 5.96 Å². The van der Waals surface area contributed by atoms with Crippen molar-refractivity contribution in [1.29, 1.82) is 0 Å². The Morgan fingerprint density at radius 2 is 2.15 bits per heavy atom. The topological polar surface area (TPSA) is 49.3 Å². The molecule has 6 heteroatoms. The van der Waals surface area contributed by atoms with Gasteiger partial charge in [0.25, 0.3) is 0 Å². The van der Waals surface area contributed by atoms with Crippen LogP contribution in [0.4, 0.5) is 5.69 Å². The summed E-state index contributed by atoms with van der Waals surface area (Å²) >= 11 is 0. The molecule has 0 spiro atoms. The molecule has 0 aliphatic carbocycles. The zero-order chi connectivity index (χ0) is 19.1. The molecule has 2 unspecified atom stereocenters. The minimum atomic E-state index is 0.152. The molecule has 2 aliphatic rings. The number of nitrogens with one attached hydrogen (secondary N) is 1. The van der Waals surface area contributed by atoms with Gasteiger partial charge in [0, 0.05) is 52.1 Å². The van der Waals surface area contributed by atoms with Gasteiger partial charge in [0.05, 0.1) is 12.7 Å². The molecular weight excluding hydrogens is 340 g/mol. The summed E-state index contributed by atoms with van der Waals surface area (Å²) in [7, 11) is 1.86. The predicted molar refractivity (Wildman–Crippen MR) is 111 cm³/mol. The van der Waals surface area contributed by atoms with Gasteiger partial charge >= 0.3 is 0 Å². The molecule has 0 aromatic heterocycles. The molecule has 150 valence electrons. The molecule has 2 aliphatic heterocycles. The molecule has 3 rings (SSSR count). The van der Waals surface area contributed by atoms with E-state index in [4.69, 9.17) is 9.47 Å². The van der Waals surface area contributed by atoms with Gasteiger partial charge < -0.3 is 24.6 Å². The van der Waals surface area contributed by atoms with Gasteiger partial charge in [-0.1, -0.05) is 12.1 Å². The standard InChI is InChI=1S/C21H34N4O2/c1-4-24(18-8-5-7-17(2)15-18)11-10-23-21(22-3)25-12-14-27-20(16-25)19-9-6-13-26-19/h5,7-8,15,19-20H,4,6,9-14,16H2,1-3H3,(H,22,23). The number of aliphatic imine (C=N–C) groups is 1. The highest BCUT2D eigenvalue weighted by Crippen LogP contribution is 2.21. The molecule has 2 saturated heterocycles. The van der Waals surface area contributed by atoms with Gasteiger partial charge in [-0.15, -0.1) is 0 Å². The van der Waals surface area contributed by atoms with Crippen molar-refractivity contribution in [2.45, 2.75) is 38.9 Å². The maximum atomic E-state index is 5.96. The normalized spacial score (nSPS) is 23.5. The van der Waals surface area contributed by atoms with Gasteiger partial charge in [-0.3, -0.25) is 4.99 Å². The van der Waals surface area contributed by atoms with Crippen molar-refractivity contribution in [1.82, 2.24) is 10.2 Å². The van der Waals surface area contributed by atoms with Crippen LogP contribution in [0.2, 0.25) is 0 Å². The number of anilines is 1. The second kappa shape index (κ2) is 9.95. The Morgan fingerprint density at radius 3 is 2.85 bits per heavy atom. The number of aryl methyl sites for hydroxylation is 1. The molecule has 0 amide bonds. The minimum absolute atomic E-state index is 0.152. The second-order valence-corrected chi connectivity index (χ2v) is 7.30. The molecule has 2 heterocycles. The third-order valence-electron chi connectivity index (χ3n) is 5.40. The lowest BCUT2D eigenvalue weighted by atomic mass is 10.1. The van der Waals surface area contributed by atoms with Gasteiger partial charge in [-0.25, -0.2) is 0 Å². The van der Waals surface area contributed by atoms with E-state index in [0.717, 1.165) is 64.7 Å². The summed E-state index contributed by atoms with van der Waals surface area (Å²) in [5.41, 5.74) is 2.57. The highest BCUT2D eigenvalue weighted by atomic mass is 16.5. The van der Waals surface area contributed by atoms with Gasteiger partial charge in [0.2, 0.25) is 0 Å². The van der Waals surface area contributed by atoms with E-state index in [1.807, 2.05) is 7.05 Å². The number of benzene rings is 1. The van der Waals surface area contributed by atoms with E-state index in [1.165, 1.54) is 11.3 Å². The van der Waals surface area contributed by atoms with Crippen LogP contribution in [-0.2, 0) is 9.47 Å². The molecule has 1 N–H and O–H groups in total. The van der Waals surface area contributed by atoms with Crippen LogP contribution in [0, 0.1) is 6.92 Å². The highest BCUT2D eigenvalue weighted by Gasteiger charge is 2.32. The van der Waals surface area contributed by atoms with Crippen LogP contribution >= 0.6 is 0 Å². The maximum absolute atomic E-state index is 5.96. The number of hydrogen-bond acceptors (Lipinski definition) is 4. The van der Waals surface area contributed by atoms with Crippen molar-refractivity contribution in [3.05, 3.63) is 29.8 Å². The summed E-state index contributed by atoms with van der Waals surface area (Å²) in [6.45, 7) is 10.4. The SMILES string of the molecule is CCN(CCNC(=NC)N1CCOC(C2CCCO2)C1)c1cccc(C)c1. The molecule has 0 radical (unpaired) electrons. The Kier molecular flexibility index (Phi) is 7.35. The number of rotatable bonds is 6. The van der Waals surface area contributed by atoms with Crippen LogP contribution < -0.4 is 10.2 Å². The smallest absolute Gasteiger partial charge is 0.193 e. The zero-order valence-electron chi connectivity index (χ0n) is 17.0. The third kappa shape index (κ3) is 5.36. The van der Waals surface area contributed by atoms with E-state index >= 15 is 0 Å². The average molecular weight is 375 g/mol. The zero-order valence-corrected chi connectivity index (χ0v) is 17.0. The number of nitrogens with zero attached hydrogens (tertiary/aromatic N) is 3. The number of hydrogen-bond donors (Lipinski definition) is 1. The Morgan fingerprint density at radius 1 is 1.30 bits per heavy atom. The van der Waals surface area contributed by atoms with E-state index in [1.54, 1.807) is 0 Å². The van der Waals surface area contributed by atoms with E-state index in [2.05, 4.69) is 58.2 Å². The first-order chi connectivity index (χ1) is 13.2. The van der Waals surface area contributed by atoms with Crippen LogP contribution in [0.1, 0.15) is 25.3 Å². The van der Waals surface area contributed by atoms with Crippen LogP contribution in [0.3, 0.4) is 0 Å². The molecule has 0 bridgehead atoms. The quantitative estimate of drug-likeness (QED) is 0.612. The number of likely N-dealkylation sites (N-methyl/N-ethyl adjacent to an activating group) is 1. The van der Waals surface area contributed by atoms with Crippen molar-refractivity contribution in [3.8, 4) is 0 Å². The van der Waals surface area contributed by atoms with Crippen molar-refractivity contribution < 1.29 is 9.47 Å². The van der Waals surface area contributed by atoms with Crippen LogP contribution in [-0.4, -0.2) is 76.1 Å². The lowest BCUT2D eigenvalue weighted by molar-refractivity contribution is -0.0816. The number of ether oxygens (including phenoxy) is 2. The molecule has 1 aromatic rings. The van der Waals surface area contributed by atoms with E-state index in [9.17, 15) is 0 Å². The minimum Gasteiger partial charge on any atom is -0.375 e. The van der Waals surface area contributed by atoms with Gasteiger partial charge in [0.1, 0.15) is 6.10 Å². The lowest BCUT2D eigenvalue weighted by Gasteiger charge is -2.37. The molecule has 2 atom stereocenters. The van der Waals surface area contributed by atoms with Crippen molar-refractivity contribution in [3.63, 3.8) is 0 Å². The Labute approximate surface area is 163 Å². The number of guanidine groups is 1. The van der Waals surface area contributed by atoms with Gasteiger partial charge in [-0.05, 0) is 44.4 Å². The molecule has 2 fully saturated rings. The van der Waals surface area contributed by atoms with Crippen molar-refractivity contribution in [2.24, 2.45) is 4.99 Å². The molecule has 6 nitrogen and oxygen atoms in total. The highest BCUT2D eigenvalue weighted by molar-refractivity contribution is 5.80. The fourth-order valence-corrected chi connectivity index (χ4v) is 3.92. The largest absolute Gasteiger partial charge is 0.375 e. The molecule has 0 saturated carbocycles. The first kappa shape index (κ1) is 20.0. The monoisotopic (exact) mass is 374 g/mol. The summed E-state index contributed by atoms with van der Waals surface area (Å²) in [6, 6.07) is 8.69. The summed E-state index contributed by atoms with van der Waals surface area (Å²) in [5.74, 6) is 0.960. The maximum Gasteiger partial charge on any atom is 0.193 e. The molecule has 27 heavy (non-hydrogen) atoms. The third-order valence-corrected chi connectivity index (χ3v) is 5.40. The summed E-state index contributed by atoms with van der Waals surface area (Å²) in [5, 5.41) is 3.54. The first-order valence-corrected chi connectivity index (χ1v) is 10.2. The van der Waals surface area contributed by atoms with E-state index in [0.29, 0.717) is 0 Å². The Balaban J connectivity index is 1.51.